The van der Waals surface area contributed by atoms with E-state index in [0.717, 1.165) is 10.6 Å². The first-order valence-electron chi connectivity index (χ1n) is 9.38. The Morgan fingerprint density at radius 3 is 2.90 bits per heavy atom. The molecule has 0 saturated heterocycles. The first-order chi connectivity index (χ1) is 13.9. The Kier molecular flexibility index (Phi) is 9.37. The summed E-state index contributed by atoms with van der Waals surface area (Å²) in [6.07, 6.45) is 0. The van der Waals surface area contributed by atoms with Crippen LogP contribution in [0.25, 0.3) is 0 Å². The predicted octanol–water partition coefficient (Wildman–Crippen LogP) is 3.72. The summed E-state index contributed by atoms with van der Waals surface area (Å²) in [7, 11) is 1.70. The number of rotatable bonds is 9. The zero-order valence-electron chi connectivity index (χ0n) is 17.1. The Balaban J connectivity index is 1.79. The highest BCUT2D eigenvalue weighted by molar-refractivity contribution is 7.13. The van der Waals surface area contributed by atoms with Crippen molar-refractivity contribution < 1.29 is 14.3 Å². The quantitative estimate of drug-likeness (QED) is 0.268. The van der Waals surface area contributed by atoms with Crippen LogP contribution < -0.4 is 10.6 Å². The number of nitrogens with zero attached hydrogens (tertiary/aromatic N) is 2. The number of carbonyl (C=O) groups excluding carboxylic acids is 1. The number of benzene rings is 1. The van der Waals surface area contributed by atoms with E-state index in [1.165, 1.54) is 11.3 Å². The number of ether oxygens (including phenoxy) is 2. The normalized spacial score (nSPS) is 12.5. The van der Waals surface area contributed by atoms with Crippen LogP contribution in [0.1, 0.15) is 45.8 Å². The van der Waals surface area contributed by atoms with Gasteiger partial charge in [-0.2, -0.15) is 0 Å². The lowest BCUT2D eigenvalue weighted by Gasteiger charge is -2.16. The van der Waals surface area contributed by atoms with E-state index in [1.807, 2.05) is 38.1 Å². The molecule has 2 aromatic rings. The molecule has 0 amide bonds. The fraction of sp³-hybridized carbons (Fsp3) is 0.450. The van der Waals surface area contributed by atoms with Crippen LogP contribution in [0, 0.1) is 6.92 Å². The Morgan fingerprint density at radius 1 is 1.41 bits per heavy atom. The standard InChI is InChI=1S/C20H27ClN4O3S/c1-5-28-19(26)17-13(2)24-18(29-17)14(3)25-20(22-4)23-9-10-27-12-15-7-6-8-16(21)11-15/h6-8,11,14H,5,9-10,12H2,1-4H3,(H2,22,23,25). The van der Waals surface area contributed by atoms with Gasteiger partial charge in [0, 0.05) is 18.6 Å². The second-order valence-corrected chi connectivity index (χ2v) is 7.70. The van der Waals surface area contributed by atoms with Crippen molar-refractivity contribution in [2.45, 2.75) is 33.4 Å². The summed E-state index contributed by atoms with van der Waals surface area (Å²) in [6.45, 7) is 7.52. The fourth-order valence-electron chi connectivity index (χ4n) is 2.51. The van der Waals surface area contributed by atoms with E-state index in [0.29, 0.717) is 47.9 Å². The molecule has 0 spiro atoms. The molecule has 2 rings (SSSR count). The number of carbonyl (C=O) groups is 1. The molecule has 1 aromatic carbocycles. The Hall–Kier alpha value is -2.16. The fourth-order valence-corrected chi connectivity index (χ4v) is 3.68. The van der Waals surface area contributed by atoms with Crippen LogP contribution in [0.3, 0.4) is 0 Å². The molecular formula is C20H27ClN4O3S. The number of aromatic nitrogens is 1. The Bertz CT molecular complexity index is 841. The summed E-state index contributed by atoms with van der Waals surface area (Å²) < 4.78 is 10.7. The van der Waals surface area contributed by atoms with Gasteiger partial charge in [0.05, 0.1) is 31.6 Å². The SMILES string of the molecule is CCOC(=O)c1sc(C(C)NC(=NC)NCCOCc2cccc(Cl)c2)nc1C. The monoisotopic (exact) mass is 438 g/mol. The lowest BCUT2D eigenvalue weighted by Crippen LogP contribution is -2.40. The van der Waals surface area contributed by atoms with Crippen LogP contribution in [0.15, 0.2) is 29.3 Å². The van der Waals surface area contributed by atoms with Crippen LogP contribution in [0.5, 0.6) is 0 Å². The summed E-state index contributed by atoms with van der Waals surface area (Å²) in [5.41, 5.74) is 1.71. The first kappa shape index (κ1) is 23.1. The van der Waals surface area contributed by atoms with Gasteiger partial charge in [0.1, 0.15) is 9.88 Å². The molecule has 0 aliphatic carbocycles. The zero-order valence-corrected chi connectivity index (χ0v) is 18.7. The van der Waals surface area contributed by atoms with E-state index >= 15 is 0 Å². The van der Waals surface area contributed by atoms with E-state index in [9.17, 15) is 4.79 Å². The van der Waals surface area contributed by atoms with Gasteiger partial charge in [-0.25, -0.2) is 9.78 Å². The number of aliphatic imine (C=N–C) groups is 1. The van der Waals surface area contributed by atoms with Gasteiger partial charge in [-0.3, -0.25) is 4.99 Å². The largest absolute Gasteiger partial charge is 0.462 e. The number of aryl methyl sites for hydroxylation is 1. The van der Waals surface area contributed by atoms with Crippen molar-refractivity contribution in [3.8, 4) is 0 Å². The summed E-state index contributed by atoms with van der Waals surface area (Å²) in [4.78, 5) is 21.2. The number of esters is 1. The second-order valence-electron chi connectivity index (χ2n) is 6.23. The van der Waals surface area contributed by atoms with E-state index in [-0.39, 0.29) is 12.0 Å². The maximum Gasteiger partial charge on any atom is 0.350 e. The smallest absolute Gasteiger partial charge is 0.350 e. The van der Waals surface area contributed by atoms with Gasteiger partial charge in [0.2, 0.25) is 0 Å². The lowest BCUT2D eigenvalue weighted by atomic mass is 10.2. The van der Waals surface area contributed by atoms with Gasteiger partial charge in [-0.15, -0.1) is 11.3 Å². The van der Waals surface area contributed by atoms with Crippen LogP contribution in [0.2, 0.25) is 5.02 Å². The zero-order chi connectivity index (χ0) is 21.2. The molecule has 9 heteroatoms. The van der Waals surface area contributed by atoms with Crippen LogP contribution >= 0.6 is 22.9 Å². The summed E-state index contributed by atoms with van der Waals surface area (Å²) in [5.74, 6) is 0.301. The van der Waals surface area contributed by atoms with Crippen molar-refractivity contribution in [3.63, 3.8) is 0 Å². The van der Waals surface area contributed by atoms with Gasteiger partial charge in [0.25, 0.3) is 0 Å². The molecule has 0 radical (unpaired) electrons. The molecular weight excluding hydrogens is 412 g/mol. The van der Waals surface area contributed by atoms with Crippen molar-refractivity contribution in [1.29, 1.82) is 0 Å². The molecule has 29 heavy (non-hydrogen) atoms. The van der Waals surface area contributed by atoms with Crippen molar-refractivity contribution in [2.75, 3.05) is 26.8 Å². The highest BCUT2D eigenvalue weighted by Crippen LogP contribution is 2.24. The minimum atomic E-state index is -0.333. The van der Waals surface area contributed by atoms with Gasteiger partial charge >= 0.3 is 5.97 Å². The molecule has 158 valence electrons. The molecule has 0 aliphatic rings. The Labute approximate surface area is 180 Å². The van der Waals surface area contributed by atoms with E-state index < -0.39 is 0 Å². The molecule has 1 heterocycles. The molecule has 0 bridgehead atoms. The summed E-state index contributed by atoms with van der Waals surface area (Å²) >= 11 is 7.30. The van der Waals surface area contributed by atoms with E-state index in [4.69, 9.17) is 21.1 Å². The van der Waals surface area contributed by atoms with Gasteiger partial charge in [-0.1, -0.05) is 23.7 Å². The maximum absolute atomic E-state index is 12.0. The average molecular weight is 439 g/mol. The minimum Gasteiger partial charge on any atom is -0.462 e. The Morgan fingerprint density at radius 2 is 2.21 bits per heavy atom. The maximum atomic E-state index is 12.0. The average Bonchev–Trinajstić information content (AvgIpc) is 3.09. The molecule has 0 aliphatic heterocycles. The lowest BCUT2D eigenvalue weighted by molar-refractivity contribution is 0.0531. The van der Waals surface area contributed by atoms with Gasteiger partial charge in [0.15, 0.2) is 5.96 Å². The molecule has 1 unspecified atom stereocenters. The number of thiazole rings is 1. The number of hydrogen-bond donors (Lipinski definition) is 2. The van der Waals surface area contributed by atoms with Crippen molar-refractivity contribution in [1.82, 2.24) is 15.6 Å². The number of hydrogen-bond acceptors (Lipinski definition) is 6. The van der Waals surface area contributed by atoms with Gasteiger partial charge < -0.3 is 20.1 Å². The molecule has 7 nitrogen and oxygen atoms in total. The molecule has 1 atom stereocenters. The molecule has 0 fully saturated rings. The van der Waals surface area contributed by atoms with Crippen molar-refractivity contribution in [3.05, 3.63) is 50.4 Å². The number of halogens is 1. The van der Waals surface area contributed by atoms with Gasteiger partial charge in [-0.05, 0) is 38.5 Å². The molecule has 0 saturated carbocycles. The highest BCUT2D eigenvalue weighted by atomic mass is 35.5. The van der Waals surface area contributed by atoms with Crippen molar-refractivity contribution >= 4 is 34.9 Å². The summed E-state index contributed by atoms with van der Waals surface area (Å²) in [5, 5.41) is 7.97. The third-order valence-electron chi connectivity index (χ3n) is 3.92. The van der Waals surface area contributed by atoms with Crippen molar-refractivity contribution in [2.24, 2.45) is 4.99 Å². The van der Waals surface area contributed by atoms with E-state index in [2.05, 4.69) is 20.6 Å². The summed E-state index contributed by atoms with van der Waals surface area (Å²) in [6, 6.07) is 7.49. The highest BCUT2D eigenvalue weighted by Gasteiger charge is 2.20. The number of guanidine groups is 1. The predicted molar refractivity (Wildman–Crippen MR) is 117 cm³/mol. The van der Waals surface area contributed by atoms with Crippen LogP contribution in [-0.4, -0.2) is 43.7 Å². The molecule has 2 N–H and O–H groups in total. The third-order valence-corrected chi connectivity index (χ3v) is 5.47. The minimum absolute atomic E-state index is 0.111. The van der Waals surface area contributed by atoms with Crippen LogP contribution in [0.4, 0.5) is 0 Å². The van der Waals surface area contributed by atoms with E-state index in [1.54, 1.807) is 14.0 Å². The number of nitrogens with one attached hydrogen (secondary N) is 2. The van der Waals surface area contributed by atoms with Crippen LogP contribution in [-0.2, 0) is 16.1 Å². The topological polar surface area (TPSA) is 84.8 Å². The first-order valence-corrected chi connectivity index (χ1v) is 10.6. The second kappa shape index (κ2) is 11.7. The molecule has 1 aromatic heterocycles. The third kappa shape index (κ3) is 7.30.